The number of hydrogen-bond donors (Lipinski definition) is 1. The minimum absolute atomic E-state index is 0.00215. The van der Waals surface area contributed by atoms with Gasteiger partial charge in [-0.25, -0.2) is 0 Å². The summed E-state index contributed by atoms with van der Waals surface area (Å²) in [5.74, 6) is 0.653. The summed E-state index contributed by atoms with van der Waals surface area (Å²) in [7, 11) is 0. The van der Waals surface area contributed by atoms with Gasteiger partial charge < -0.3 is 15.0 Å². The standard InChI is InChI=1S/C15H17ClN2O3/c16-12-1-2-13-10(8-12)7-11(9-21-13)15(20)18-5-3-14(19)17-4-6-18/h1-2,8,11H,3-7,9H2,(H,17,19)/t11-/m1/s1. The Morgan fingerprint density at radius 3 is 3.10 bits per heavy atom. The van der Waals surface area contributed by atoms with Crippen molar-refractivity contribution in [3.8, 4) is 5.75 Å². The molecule has 1 atom stereocenters. The zero-order valence-corrected chi connectivity index (χ0v) is 12.4. The summed E-state index contributed by atoms with van der Waals surface area (Å²) in [6, 6.07) is 5.48. The Labute approximate surface area is 128 Å². The number of benzene rings is 1. The van der Waals surface area contributed by atoms with Crippen LogP contribution in [0, 0.1) is 5.92 Å². The fourth-order valence-corrected chi connectivity index (χ4v) is 2.96. The van der Waals surface area contributed by atoms with Crippen LogP contribution in [0.3, 0.4) is 0 Å². The van der Waals surface area contributed by atoms with Crippen LogP contribution in [-0.2, 0) is 16.0 Å². The monoisotopic (exact) mass is 308 g/mol. The van der Waals surface area contributed by atoms with E-state index in [-0.39, 0.29) is 17.7 Å². The van der Waals surface area contributed by atoms with Crippen molar-refractivity contribution in [2.75, 3.05) is 26.2 Å². The number of halogens is 1. The molecule has 21 heavy (non-hydrogen) atoms. The van der Waals surface area contributed by atoms with E-state index in [9.17, 15) is 9.59 Å². The van der Waals surface area contributed by atoms with Crippen molar-refractivity contribution >= 4 is 23.4 Å². The SMILES string of the molecule is O=C1CCN(C(=O)[C@H]2COc3ccc(Cl)cc3C2)CCN1. The molecule has 1 aromatic carbocycles. The highest BCUT2D eigenvalue weighted by Gasteiger charge is 2.30. The Morgan fingerprint density at radius 2 is 2.24 bits per heavy atom. The van der Waals surface area contributed by atoms with Gasteiger partial charge in [-0.1, -0.05) is 11.6 Å². The Morgan fingerprint density at radius 1 is 1.38 bits per heavy atom. The fraction of sp³-hybridized carbons (Fsp3) is 0.467. The van der Waals surface area contributed by atoms with Gasteiger partial charge in [-0.15, -0.1) is 0 Å². The van der Waals surface area contributed by atoms with Crippen LogP contribution in [0.4, 0.5) is 0 Å². The average molecular weight is 309 g/mol. The van der Waals surface area contributed by atoms with Crippen molar-refractivity contribution < 1.29 is 14.3 Å². The second-order valence-corrected chi connectivity index (χ2v) is 5.83. The molecule has 1 aromatic rings. The van der Waals surface area contributed by atoms with Gasteiger partial charge in [-0.3, -0.25) is 9.59 Å². The fourth-order valence-electron chi connectivity index (χ4n) is 2.77. The summed E-state index contributed by atoms with van der Waals surface area (Å²) in [5.41, 5.74) is 0.969. The summed E-state index contributed by atoms with van der Waals surface area (Å²) < 4.78 is 5.67. The van der Waals surface area contributed by atoms with Gasteiger partial charge in [0, 0.05) is 31.1 Å². The van der Waals surface area contributed by atoms with Gasteiger partial charge in [-0.05, 0) is 30.2 Å². The highest BCUT2D eigenvalue weighted by atomic mass is 35.5. The van der Waals surface area contributed by atoms with Crippen LogP contribution in [0.25, 0.3) is 0 Å². The molecule has 0 bridgehead atoms. The maximum atomic E-state index is 12.6. The predicted molar refractivity (Wildman–Crippen MR) is 78.3 cm³/mol. The van der Waals surface area contributed by atoms with E-state index in [1.807, 2.05) is 12.1 Å². The average Bonchev–Trinajstić information content (AvgIpc) is 2.70. The van der Waals surface area contributed by atoms with Crippen molar-refractivity contribution in [2.45, 2.75) is 12.8 Å². The third-order valence-electron chi connectivity index (χ3n) is 3.90. The van der Waals surface area contributed by atoms with Crippen LogP contribution < -0.4 is 10.1 Å². The molecule has 3 rings (SSSR count). The van der Waals surface area contributed by atoms with E-state index >= 15 is 0 Å². The quantitative estimate of drug-likeness (QED) is 0.849. The molecule has 1 saturated heterocycles. The molecule has 2 aliphatic rings. The minimum atomic E-state index is -0.204. The minimum Gasteiger partial charge on any atom is -0.492 e. The van der Waals surface area contributed by atoms with E-state index in [0.29, 0.717) is 44.1 Å². The first-order valence-electron chi connectivity index (χ1n) is 7.10. The molecule has 2 amide bonds. The molecule has 2 heterocycles. The predicted octanol–water partition coefficient (Wildman–Crippen LogP) is 1.24. The lowest BCUT2D eigenvalue weighted by atomic mass is 9.95. The number of hydrogen-bond acceptors (Lipinski definition) is 3. The van der Waals surface area contributed by atoms with Crippen LogP contribution >= 0.6 is 11.6 Å². The van der Waals surface area contributed by atoms with E-state index < -0.39 is 0 Å². The molecule has 0 aromatic heterocycles. The van der Waals surface area contributed by atoms with Gasteiger partial charge in [0.05, 0.1) is 5.92 Å². The van der Waals surface area contributed by atoms with Crippen molar-refractivity contribution in [1.29, 1.82) is 0 Å². The zero-order valence-electron chi connectivity index (χ0n) is 11.6. The van der Waals surface area contributed by atoms with Gasteiger partial charge in [0.1, 0.15) is 12.4 Å². The third kappa shape index (κ3) is 3.13. The lowest BCUT2D eigenvalue weighted by Crippen LogP contribution is -2.42. The van der Waals surface area contributed by atoms with Gasteiger partial charge in [0.2, 0.25) is 11.8 Å². The topological polar surface area (TPSA) is 58.6 Å². The van der Waals surface area contributed by atoms with E-state index in [4.69, 9.17) is 16.3 Å². The van der Waals surface area contributed by atoms with Gasteiger partial charge >= 0.3 is 0 Å². The largest absolute Gasteiger partial charge is 0.492 e. The summed E-state index contributed by atoms with van der Waals surface area (Å²) >= 11 is 5.99. The first-order chi connectivity index (χ1) is 10.1. The molecule has 5 nitrogen and oxygen atoms in total. The molecular weight excluding hydrogens is 292 g/mol. The van der Waals surface area contributed by atoms with Crippen LogP contribution in [0.15, 0.2) is 18.2 Å². The second-order valence-electron chi connectivity index (χ2n) is 5.39. The number of carbonyl (C=O) groups is 2. The van der Waals surface area contributed by atoms with Crippen LogP contribution in [0.2, 0.25) is 5.02 Å². The number of ether oxygens (including phenoxy) is 1. The molecule has 0 saturated carbocycles. The van der Waals surface area contributed by atoms with Crippen molar-refractivity contribution in [3.05, 3.63) is 28.8 Å². The summed E-state index contributed by atoms with van der Waals surface area (Å²) in [6.45, 7) is 1.93. The summed E-state index contributed by atoms with van der Waals surface area (Å²) in [4.78, 5) is 25.7. The third-order valence-corrected chi connectivity index (χ3v) is 4.14. The molecule has 6 heteroatoms. The molecule has 1 fully saturated rings. The molecule has 0 radical (unpaired) electrons. The van der Waals surface area contributed by atoms with Gasteiger partial charge in [-0.2, -0.15) is 0 Å². The maximum absolute atomic E-state index is 12.6. The Kier molecular flexibility index (Phi) is 4.01. The summed E-state index contributed by atoms with van der Waals surface area (Å²) in [6.07, 6.45) is 0.994. The van der Waals surface area contributed by atoms with Crippen LogP contribution in [-0.4, -0.2) is 43.0 Å². The van der Waals surface area contributed by atoms with Gasteiger partial charge in [0.25, 0.3) is 0 Å². The summed E-state index contributed by atoms with van der Waals surface area (Å²) in [5, 5.41) is 3.42. The lowest BCUT2D eigenvalue weighted by Gasteiger charge is -2.29. The maximum Gasteiger partial charge on any atom is 0.229 e. The number of carbonyl (C=O) groups excluding carboxylic acids is 2. The molecule has 0 unspecified atom stereocenters. The van der Waals surface area contributed by atoms with Crippen LogP contribution in [0.1, 0.15) is 12.0 Å². The first kappa shape index (κ1) is 14.2. The smallest absolute Gasteiger partial charge is 0.229 e. The number of nitrogens with zero attached hydrogens (tertiary/aromatic N) is 1. The van der Waals surface area contributed by atoms with E-state index in [0.717, 1.165) is 11.3 Å². The van der Waals surface area contributed by atoms with Crippen molar-refractivity contribution in [1.82, 2.24) is 10.2 Å². The molecule has 0 spiro atoms. The number of amides is 2. The molecule has 1 N–H and O–H groups in total. The lowest BCUT2D eigenvalue weighted by molar-refractivity contribution is -0.136. The molecular formula is C15H17ClN2O3. The van der Waals surface area contributed by atoms with Crippen molar-refractivity contribution in [2.24, 2.45) is 5.92 Å². The van der Waals surface area contributed by atoms with Crippen LogP contribution in [0.5, 0.6) is 5.75 Å². The molecule has 2 aliphatic heterocycles. The van der Waals surface area contributed by atoms with E-state index in [2.05, 4.69) is 5.32 Å². The van der Waals surface area contributed by atoms with E-state index in [1.54, 1.807) is 11.0 Å². The second kappa shape index (κ2) is 5.93. The molecule has 0 aliphatic carbocycles. The first-order valence-corrected chi connectivity index (χ1v) is 7.48. The number of nitrogens with one attached hydrogen (secondary N) is 1. The number of rotatable bonds is 1. The van der Waals surface area contributed by atoms with E-state index in [1.165, 1.54) is 0 Å². The number of fused-ring (bicyclic) bond motifs is 1. The Balaban J connectivity index is 1.70. The zero-order chi connectivity index (χ0) is 14.8. The van der Waals surface area contributed by atoms with Gasteiger partial charge in [0.15, 0.2) is 0 Å². The highest BCUT2D eigenvalue weighted by molar-refractivity contribution is 6.30. The Hall–Kier alpha value is -1.75. The molecule has 112 valence electrons. The van der Waals surface area contributed by atoms with Crippen molar-refractivity contribution in [3.63, 3.8) is 0 Å². The highest BCUT2D eigenvalue weighted by Crippen LogP contribution is 2.30. The Bertz CT molecular complexity index is 576. The normalized spacial score (nSPS) is 21.9.